The maximum atomic E-state index is 12.9. The molecular formula is C29H35N5OS. The third-order valence-corrected chi connectivity index (χ3v) is 7.88. The summed E-state index contributed by atoms with van der Waals surface area (Å²) in [4.78, 5) is 19.7. The van der Waals surface area contributed by atoms with Gasteiger partial charge >= 0.3 is 0 Å². The predicted octanol–water partition coefficient (Wildman–Crippen LogP) is 5.95. The van der Waals surface area contributed by atoms with Gasteiger partial charge in [0, 0.05) is 43.3 Å². The minimum absolute atomic E-state index is 0.00138. The van der Waals surface area contributed by atoms with Crippen LogP contribution in [0.1, 0.15) is 80.4 Å². The number of aromatic nitrogens is 2. The third-order valence-electron chi connectivity index (χ3n) is 7.53. The molecule has 0 bridgehead atoms. The summed E-state index contributed by atoms with van der Waals surface area (Å²) in [5, 5.41) is 7.27. The molecule has 7 heteroatoms. The zero-order valence-corrected chi connectivity index (χ0v) is 21.7. The number of hydrogen-bond donors (Lipinski definition) is 2. The molecule has 2 aromatic heterocycles. The third kappa shape index (κ3) is 5.31. The van der Waals surface area contributed by atoms with Crippen molar-refractivity contribution in [3.63, 3.8) is 0 Å². The average molecular weight is 502 g/mol. The minimum Gasteiger partial charge on any atom is -0.352 e. The van der Waals surface area contributed by atoms with E-state index in [1.54, 1.807) is 0 Å². The summed E-state index contributed by atoms with van der Waals surface area (Å²) in [6.07, 6.45) is 14.0. The topological polar surface area (TPSA) is 62.2 Å². The fourth-order valence-electron chi connectivity index (χ4n) is 5.61. The number of benzene rings is 1. The Morgan fingerprint density at radius 3 is 2.69 bits per heavy atom. The van der Waals surface area contributed by atoms with Gasteiger partial charge in [-0.3, -0.25) is 9.78 Å². The molecule has 5 rings (SSSR count). The van der Waals surface area contributed by atoms with Crippen molar-refractivity contribution in [2.24, 2.45) is 0 Å². The number of pyridine rings is 1. The van der Waals surface area contributed by atoms with Crippen molar-refractivity contribution in [1.82, 2.24) is 19.8 Å². The Labute approximate surface area is 219 Å². The van der Waals surface area contributed by atoms with Crippen LogP contribution in [0.15, 0.2) is 67.1 Å². The number of anilines is 1. The monoisotopic (exact) mass is 501 g/mol. The summed E-state index contributed by atoms with van der Waals surface area (Å²) in [6, 6.07) is 16.7. The molecule has 1 aliphatic carbocycles. The maximum Gasteiger partial charge on any atom is 0.226 e. The molecule has 0 radical (unpaired) electrons. The van der Waals surface area contributed by atoms with E-state index in [1.807, 2.05) is 42.6 Å². The molecule has 1 saturated heterocycles. The quantitative estimate of drug-likeness (QED) is 0.373. The second kappa shape index (κ2) is 11.2. The van der Waals surface area contributed by atoms with Crippen molar-refractivity contribution in [3.8, 4) is 0 Å². The van der Waals surface area contributed by atoms with E-state index in [9.17, 15) is 4.79 Å². The van der Waals surface area contributed by atoms with E-state index in [4.69, 9.17) is 12.2 Å². The van der Waals surface area contributed by atoms with Crippen LogP contribution in [0.2, 0.25) is 0 Å². The fourth-order valence-corrected chi connectivity index (χ4v) is 5.94. The SMILES string of the molecule is CCc1ccccc1NC(=O)CCN1C(=S)N[C@H](c2ccccn2)[C@H]1c1ccn(C2CCCCC2)c1. The van der Waals surface area contributed by atoms with Crippen LogP contribution in [-0.2, 0) is 11.2 Å². The lowest BCUT2D eigenvalue weighted by molar-refractivity contribution is -0.116. The van der Waals surface area contributed by atoms with E-state index in [0.29, 0.717) is 24.1 Å². The molecular weight excluding hydrogens is 466 g/mol. The van der Waals surface area contributed by atoms with Gasteiger partial charge in [-0.05, 0) is 66.9 Å². The molecule has 2 atom stereocenters. The number of hydrogen-bond acceptors (Lipinski definition) is 3. The molecule has 188 valence electrons. The highest BCUT2D eigenvalue weighted by atomic mass is 32.1. The van der Waals surface area contributed by atoms with Gasteiger partial charge in [-0.2, -0.15) is 0 Å². The Bertz CT molecular complexity index is 1190. The lowest BCUT2D eigenvalue weighted by Gasteiger charge is -2.27. The lowest BCUT2D eigenvalue weighted by Crippen LogP contribution is -2.32. The standard InChI is InChI=1S/C29H35N5OS/c1-2-21-10-6-7-13-24(21)31-26(35)16-19-34-28(27(32-29(34)36)25-14-8-9-17-30-25)22-15-18-33(20-22)23-11-4-3-5-12-23/h6-10,13-15,17-18,20,23,27-28H,2-5,11-12,16,19H2,1H3,(H,31,35)(H,32,36)/t27-,28-/m1/s1. The normalized spacial score (nSPS) is 20.4. The first kappa shape index (κ1) is 24.5. The number of para-hydroxylation sites is 1. The first-order valence-electron chi connectivity index (χ1n) is 13.2. The molecule has 3 aromatic rings. The molecule has 0 spiro atoms. The lowest BCUT2D eigenvalue weighted by atomic mass is 9.95. The largest absolute Gasteiger partial charge is 0.352 e. The molecule has 1 aliphatic heterocycles. The minimum atomic E-state index is -0.0650. The molecule has 36 heavy (non-hydrogen) atoms. The van der Waals surface area contributed by atoms with Crippen molar-refractivity contribution in [1.29, 1.82) is 0 Å². The van der Waals surface area contributed by atoms with Gasteiger partial charge in [0.1, 0.15) is 0 Å². The highest BCUT2D eigenvalue weighted by Gasteiger charge is 2.40. The van der Waals surface area contributed by atoms with E-state index in [-0.39, 0.29) is 18.0 Å². The summed E-state index contributed by atoms with van der Waals surface area (Å²) in [5.41, 5.74) is 4.19. The van der Waals surface area contributed by atoms with E-state index in [0.717, 1.165) is 23.4 Å². The number of carbonyl (C=O) groups is 1. The van der Waals surface area contributed by atoms with Gasteiger partial charge < -0.3 is 20.1 Å². The average Bonchev–Trinajstić information content (AvgIpc) is 3.53. The van der Waals surface area contributed by atoms with Crippen LogP contribution >= 0.6 is 12.2 Å². The number of rotatable bonds is 8. The molecule has 2 N–H and O–H groups in total. The van der Waals surface area contributed by atoms with Gasteiger partial charge in [-0.1, -0.05) is 50.5 Å². The second-order valence-corrected chi connectivity index (χ2v) is 10.2. The predicted molar refractivity (Wildman–Crippen MR) is 148 cm³/mol. The van der Waals surface area contributed by atoms with Gasteiger partial charge in [-0.25, -0.2) is 0 Å². The Morgan fingerprint density at radius 2 is 1.92 bits per heavy atom. The van der Waals surface area contributed by atoms with Gasteiger partial charge in [0.05, 0.1) is 17.8 Å². The van der Waals surface area contributed by atoms with Crippen molar-refractivity contribution in [3.05, 3.63) is 83.9 Å². The summed E-state index contributed by atoms with van der Waals surface area (Å²) in [6.45, 7) is 2.63. The maximum absolute atomic E-state index is 12.9. The van der Waals surface area contributed by atoms with E-state index < -0.39 is 0 Å². The Hall–Kier alpha value is -3.19. The molecule has 0 unspecified atom stereocenters. The molecule has 1 aromatic carbocycles. The second-order valence-electron chi connectivity index (χ2n) is 9.81. The summed E-state index contributed by atoms with van der Waals surface area (Å²) < 4.78 is 2.39. The van der Waals surface area contributed by atoms with E-state index in [1.165, 1.54) is 37.7 Å². The molecule has 2 aliphatic rings. The van der Waals surface area contributed by atoms with Gasteiger partial charge in [0.25, 0.3) is 0 Å². The Morgan fingerprint density at radius 1 is 1.11 bits per heavy atom. The first-order chi connectivity index (χ1) is 17.6. The summed E-state index contributed by atoms with van der Waals surface area (Å²) in [7, 11) is 0. The smallest absolute Gasteiger partial charge is 0.226 e. The van der Waals surface area contributed by atoms with Crippen molar-refractivity contribution >= 4 is 28.9 Å². The highest BCUT2D eigenvalue weighted by molar-refractivity contribution is 7.80. The van der Waals surface area contributed by atoms with Gasteiger partial charge in [-0.15, -0.1) is 0 Å². The van der Waals surface area contributed by atoms with Crippen molar-refractivity contribution in [2.75, 3.05) is 11.9 Å². The molecule has 3 heterocycles. The summed E-state index contributed by atoms with van der Waals surface area (Å²) in [5.74, 6) is -0.00138. The molecule has 1 saturated carbocycles. The first-order valence-corrected chi connectivity index (χ1v) is 13.6. The Balaban J connectivity index is 1.35. The van der Waals surface area contributed by atoms with Crippen LogP contribution in [0.3, 0.4) is 0 Å². The highest BCUT2D eigenvalue weighted by Crippen LogP contribution is 2.40. The zero-order valence-electron chi connectivity index (χ0n) is 20.9. The van der Waals surface area contributed by atoms with Crippen LogP contribution < -0.4 is 10.6 Å². The summed E-state index contributed by atoms with van der Waals surface area (Å²) >= 11 is 5.80. The zero-order chi connectivity index (χ0) is 24.9. The molecule has 1 amide bonds. The van der Waals surface area contributed by atoms with Gasteiger partial charge in [0.2, 0.25) is 5.91 Å². The van der Waals surface area contributed by atoms with E-state index >= 15 is 0 Å². The van der Waals surface area contributed by atoms with Crippen LogP contribution in [0.25, 0.3) is 0 Å². The number of aryl methyl sites for hydroxylation is 1. The fraction of sp³-hybridized carbons (Fsp3) is 0.414. The number of nitrogens with one attached hydrogen (secondary N) is 2. The van der Waals surface area contributed by atoms with Gasteiger partial charge in [0.15, 0.2) is 5.11 Å². The Kier molecular flexibility index (Phi) is 7.66. The number of thiocarbonyl (C=S) groups is 1. The van der Waals surface area contributed by atoms with Crippen LogP contribution in [-0.4, -0.2) is 32.0 Å². The number of nitrogens with zero attached hydrogens (tertiary/aromatic N) is 3. The molecule has 2 fully saturated rings. The molecule has 6 nitrogen and oxygen atoms in total. The number of amides is 1. The number of carbonyl (C=O) groups excluding carboxylic acids is 1. The van der Waals surface area contributed by atoms with E-state index in [2.05, 4.69) is 56.5 Å². The van der Waals surface area contributed by atoms with Crippen LogP contribution in [0.5, 0.6) is 0 Å². The van der Waals surface area contributed by atoms with Crippen molar-refractivity contribution in [2.45, 2.75) is 70.0 Å². The van der Waals surface area contributed by atoms with Crippen molar-refractivity contribution < 1.29 is 4.79 Å². The van der Waals surface area contributed by atoms with Crippen LogP contribution in [0.4, 0.5) is 5.69 Å². The van der Waals surface area contributed by atoms with Crippen LogP contribution in [0, 0.1) is 0 Å².